The lowest BCUT2D eigenvalue weighted by molar-refractivity contribution is -0.130. The molecule has 0 bridgehead atoms. The van der Waals surface area contributed by atoms with E-state index in [1.165, 1.54) is 0 Å². The predicted molar refractivity (Wildman–Crippen MR) is 57.3 cm³/mol. The summed E-state index contributed by atoms with van der Waals surface area (Å²) < 4.78 is 5.37. The van der Waals surface area contributed by atoms with E-state index in [9.17, 15) is 4.79 Å². The SMILES string of the molecule is CCC(=O)N(C)CCOCCN(C)C. The highest BCUT2D eigenvalue weighted by Gasteiger charge is 2.04. The lowest BCUT2D eigenvalue weighted by atomic mass is 10.4. The van der Waals surface area contributed by atoms with Gasteiger partial charge < -0.3 is 14.5 Å². The Morgan fingerprint density at radius 1 is 1.14 bits per heavy atom. The van der Waals surface area contributed by atoms with Gasteiger partial charge >= 0.3 is 0 Å². The molecule has 0 saturated carbocycles. The minimum Gasteiger partial charge on any atom is -0.378 e. The summed E-state index contributed by atoms with van der Waals surface area (Å²) in [5.74, 6) is 0.168. The van der Waals surface area contributed by atoms with Gasteiger partial charge in [-0.1, -0.05) is 6.92 Å². The Balaban J connectivity index is 3.31. The van der Waals surface area contributed by atoms with Crippen LogP contribution >= 0.6 is 0 Å². The first-order chi connectivity index (χ1) is 6.57. The Morgan fingerprint density at radius 3 is 2.21 bits per heavy atom. The van der Waals surface area contributed by atoms with E-state index in [1.807, 2.05) is 21.0 Å². The van der Waals surface area contributed by atoms with Gasteiger partial charge in [0.05, 0.1) is 13.2 Å². The van der Waals surface area contributed by atoms with E-state index >= 15 is 0 Å². The Morgan fingerprint density at radius 2 is 1.71 bits per heavy atom. The number of amides is 1. The van der Waals surface area contributed by atoms with Crippen LogP contribution in [0.5, 0.6) is 0 Å². The lowest BCUT2D eigenvalue weighted by Gasteiger charge is -2.16. The summed E-state index contributed by atoms with van der Waals surface area (Å²) in [7, 11) is 5.83. The average molecular weight is 202 g/mol. The van der Waals surface area contributed by atoms with Crippen molar-refractivity contribution in [1.82, 2.24) is 9.80 Å². The van der Waals surface area contributed by atoms with Crippen molar-refractivity contribution in [3.05, 3.63) is 0 Å². The first kappa shape index (κ1) is 13.4. The number of carbonyl (C=O) groups excluding carboxylic acids is 1. The van der Waals surface area contributed by atoms with Crippen LogP contribution in [0.3, 0.4) is 0 Å². The van der Waals surface area contributed by atoms with Crippen molar-refractivity contribution in [3.63, 3.8) is 0 Å². The second-order valence-corrected chi connectivity index (χ2v) is 3.58. The normalized spacial score (nSPS) is 10.6. The molecule has 0 spiro atoms. The van der Waals surface area contributed by atoms with Crippen molar-refractivity contribution in [2.45, 2.75) is 13.3 Å². The van der Waals surface area contributed by atoms with E-state index in [0.717, 1.165) is 13.2 Å². The average Bonchev–Trinajstić information content (AvgIpc) is 2.15. The van der Waals surface area contributed by atoms with Crippen LogP contribution in [0.15, 0.2) is 0 Å². The molecule has 0 fully saturated rings. The smallest absolute Gasteiger partial charge is 0.222 e. The summed E-state index contributed by atoms with van der Waals surface area (Å²) in [4.78, 5) is 14.9. The molecule has 1 amide bonds. The van der Waals surface area contributed by atoms with Gasteiger partial charge in [-0.25, -0.2) is 0 Å². The fourth-order valence-electron chi connectivity index (χ4n) is 0.945. The number of likely N-dealkylation sites (N-methyl/N-ethyl adjacent to an activating group) is 2. The van der Waals surface area contributed by atoms with E-state index in [2.05, 4.69) is 4.90 Å². The molecule has 0 aromatic rings. The molecule has 4 heteroatoms. The molecule has 0 aliphatic rings. The third kappa shape index (κ3) is 6.86. The van der Waals surface area contributed by atoms with E-state index < -0.39 is 0 Å². The first-order valence-electron chi connectivity index (χ1n) is 5.04. The number of nitrogens with zero attached hydrogens (tertiary/aromatic N) is 2. The second-order valence-electron chi connectivity index (χ2n) is 3.58. The topological polar surface area (TPSA) is 32.8 Å². The van der Waals surface area contributed by atoms with Gasteiger partial charge in [0.2, 0.25) is 5.91 Å². The van der Waals surface area contributed by atoms with Crippen molar-refractivity contribution in [1.29, 1.82) is 0 Å². The standard InChI is InChI=1S/C10H22N2O2/c1-5-10(13)12(4)7-9-14-8-6-11(2)3/h5-9H2,1-4H3. The van der Waals surface area contributed by atoms with E-state index in [4.69, 9.17) is 4.74 Å². The van der Waals surface area contributed by atoms with Gasteiger partial charge in [-0.15, -0.1) is 0 Å². The highest BCUT2D eigenvalue weighted by Crippen LogP contribution is 1.89. The molecular formula is C10H22N2O2. The molecule has 14 heavy (non-hydrogen) atoms. The molecular weight excluding hydrogens is 180 g/mol. The van der Waals surface area contributed by atoms with Crippen LogP contribution in [0.1, 0.15) is 13.3 Å². The van der Waals surface area contributed by atoms with Crippen LogP contribution in [0.25, 0.3) is 0 Å². The van der Waals surface area contributed by atoms with Crippen LogP contribution in [0.2, 0.25) is 0 Å². The Bertz CT molecular complexity index is 160. The van der Waals surface area contributed by atoms with Gasteiger partial charge in [0.15, 0.2) is 0 Å². The van der Waals surface area contributed by atoms with Gasteiger partial charge in [-0.05, 0) is 14.1 Å². The number of ether oxygens (including phenoxy) is 1. The summed E-state index contributed by atoms with van der Waals surface area (Å²) in [6, 6.07) is 0. The van der Waals surface area contributed by atoms with Crippen molar-refractivity contribution in [2.24, 2.45) is 0 Å². The van der Waals surface area contributed by atoms with Crippen LogP contribution in [0, 0.1) is 0 Å². The molecule has 0 radical (unpaired) electrons. The zero-order valence-electron chi connectivity index (χ0n) is 9.75. The molecule has 0 unspecified atom stereocenters. The first-order valence-corrected chi connectivity index (χ1v) is 5.04. The molecule has 0 aliphatic carbocycles. The minimum absolute atomic E-state index is 0.168. The monoisotopic (exact) mass is 202 g/mol. The fourth-order valence-corrected chi connectivity index (χ4v) is 0.945. The predicted octanol–water partition coefficient (Wildman–Crippen LogP) is 0.433. The van der Waals surface area contributed by atoms with Crippen molar-refractivity contribution in [3.8, 4) is 0 Å². The van der Waals surface area contributed by atoms with Gasteiger partial charge in [-0.3, -0.25) is 4.79 Å². The molecule has 0 N–H and O–H groups in total. The number of rotatable bonds is 7. The molecule has 0 aliphatic heterocycles. The van der Waals surface area contributed by atoms with Gasteiger partial charge in [0.1, 0.15) is 0 Å². The van der Waals surface area contributed by atoms with Crippen molar-refractivity contribution >= 4 is 5.91 Å². The molecule has 0 aromatic carbocycles. The van der Waals surface area contributed by atoms with E-state index in [0.29, 0.717) is 19.6 Å². The largest absolute Gasteiger partial charge is 0.378 e. The van der Waals surface area contributed by atoms with Crippen LogP contribution in [-0.4, -0.2) is 63.2 Å². The summed E-state index contributed by atoms with van der Waals surface area (Å²) in [5.41, 5.74) is 0. The molecule has 0 saturated heterocycles. The van der Waals surface area contributed by atoms with Crippen molar-refractivity contribution in [2.75, 3.05) is 47.4 Å². The molecule has 0 atom stereocenters. The highest BCUT2D eigenvalue weighted by atomic mass is 16.5. The summed E-state index contributed by atoms with van der Waals surface area (Å²) in [5, 5.41) is 0. The fraction of sp³-hybridized carbons (Fsp3) is 0.900. The van der Waals surface area contributed by atoms with Gasteiger partial charge in [-0.2, -0.15) is 0 Å². The third-order valence-electron chi connectivity index (χ3n) is 1.98. The molecule has 4 nitrogen and oxygen atoms in total. The van der Waals surface area contributed by atoms with Gasteiger partial charge in [0, 0.05) is 26.6 Å². The molecule has 0 rings (SSSR count). The lowest BCUT2D eigenvalue weighted by Crippen LogP contribution is -2.30. The highest BCUT2D eigenvalue weighted by molar-refractivity contribution is 5.75. The Hall–Kier alpha value is -0.610. The minimum atomic E-state index is 0.168. The quantitative estimate of drug-likeness (QED) is 0.561. The zero-order chi connectivity index (χ0) is 11.0. The van der Waals surface area contributed by atoms with Crippen molar-refractivity contribution < 1.29 is 9.53 Å². The van der Waals surface area contributed by atoms with E-state index in [1.54, 1.807) is 11.9 Å². The maximum absolute atomic E-state index is 11.1. The van der Waals surface area contributed by atoms with Crippen LogP contribution in [-0.2, 0) is 9.53 Å². The molecule has 84 valence electrons. The number of carbonyl (C=O) groups is 1. The van der Waals surface area contributed by atoms with Crippen LogP contribution in [0.4, 0.5) is 0 Å². The number of hydrogen-bond acceptors (Lipinski definition) is 3. The maximum Gasteiger partial charge on any atom is 0.222 e. The Labute approximate surface area is 86.8 Å². The van der Waals surface area contributed by atoms with E-state index in [-0.39, 0.29) is 5.91 Å². The third-order valence-corrected chi connectivity index (χ3v) is 1.98. The van der Waals surface area contributed by atoms with Crippen LogP contribution < -0.4 is 0 Å². The summed E-state index contributed by atoms with van der Waals surface area (Å²) in [6.45, 7) is 4.81. The van der Waals surface area contributed by atoms with Gasteiger partial charge in [0.25, 0.3) is 0 Å². The second kappa shape index (κ2) is 7.76. The Kier molecular flexibility index (Phi) is 7.42. The summed E-state index contributed by atoms with van der Waals surface area (Å²) >= 11 is 0. The summed E-state index contributed by atoms with van der Waals surface area (Å²) in [6.07, 6.45) is 0.564. The molecule has 0 heterocycles. The maximum atomic E-state index is 11.1. The molecule has 0 aromatic heterocycles. The zero-order valence-corrected chi connectivity index (χ0v) is 9.75. The number of hydrogen-bond donors (Lipinski definition) is 0.